The Morgan fingerprint density at radius 2 is 2.12 bits per heavy atom. The molecule has 1 amide bonds. The molecule has 0 radical (unpaired) electrons. The number of aromatic nitrogens is 2. The summed E-state index contributed by atoms with van der Waals surface area (Å²) in [7, 11) is 1.60. The molecule has 1 aliphatic heterocycles. The van der Waals surface area contributed by atoms with E-state index >= 15 is 0 Å². The third-order valence-corrected chi connectivity index (χ3v) is 6.41. The smallest absolute Gasteiger partial charge is 0.225 e. The van der Waals surface area contributed by atoms with Crippen LogP contribution in [0.2, 0.25) is 5.15 Å². The third-order valence-electron chi connectivity index (χ3n) is 6.22. The Morgan fingerprint density at radius 1 is 1.33 bits per heavy atom. The number of pyridine rings is 2. The van der Waals surface area contributed by atoms with E-state index in [1.165, 1.54) is 0 Å². The SMILES string of the molecule is C=Cc1cc(-c2cc(C#N)c(N3CCN(C(=O)CCOC)[C@H](C)C3)nc2C2CC2)cc(Cl)n1. The number of rotatable bonds is 7. The van der Waals surface area contributed by atoms with Gasteiger partial charge in [-0.3, -0.25) is 4.79 Å². The van der Waals surface area contributed by atoms with Crippen molar-refractivity contribution in [3.8, 4) is 17.2 Å². The highest BCUT2D eigenvalue weighted by Gasteiger charge is 2.33. The van der Waals surface area contributed by atoms with Crippen molar-refractivity contribution in [3.63, 3.8) is 0 Å². The molecule has 0 N–H and O–H groups in total. The van der Waals surface area contributed by atoms with Crippen molar-refractivity contribution in [3.05, 3.63) is 46.9 Å². The van der Waals surface area contributed by atoms with Crippen LogP contribution in [0.4, 0.5) is 5.82 Å². The van der Waals surface area contributed by atoms with E-state index in [0.717, 1.165) is 29.7 Å². The Morgan fingerprint density at radius 3 is 2.76 bits per heavy atom. The standard InChI is InChI=1S/C25H28ClN5O2/c1-4-20-11-18(13-22(26)28-20)21-12-19(14-27)25(29-24(21)17-5-6-17)30-8-9-31(16(2)15-30)23(32)7-10-33-3/h4,11-13,16-17H,1,5-10,15H2,2-3H3/t16-/m1/s1. The summed E-state index contributed by atoms with van der Waals surface area (Å²) in [6.07, 6.45) is 4.20. The lowest BCUT2D eigenvalue weighted by Gasteiger charge is -2.41. The molecule has 7 nitrogen and oxygen atoms in total. The van der Waals surface area contributed by atoms with Gasteiger partial charge in [0, 0.05) is 44.3 Å². The van der Waals surface area contributed by atoms with E-state index < -0.39 is 0 Å². The van der Waals surface area contributed by atoms with Crippen molar-refractivity contribution < 1.29 is 9.53 Å². The maximum atomic E-state index is 12.5. The molecule has 1 aliphatic carbocycles. The van der Waals surface area contributed by atoms with Crippen LogP contribution in [-0.4, -0.2) is 60.2 Å². The predicted octanol–water partition coefficient (Wildman–Crippen LogP) is 4.26. The second-order valence-electron chi connectivity index (χ2n) is 8.61. The number of nitrogens with zero attached hydrogens (tertiary/aromatic N) is 5. The zero-order chi connectivity index (χ0) is 23.5. The minimum absolute atomic E-state index is 0.0228. The largest absolute Gasteiger partial charge is 0.384 e. The number of carbonyl (C=O) groups is 1. The highest BCUT2D eigenvalue weighted by Crippen LogP contribution is 2.45. The highest BCUT2D eigenvalue weighted by atomic mass is 35.5. The molecule has 2 aromatic rings. The molecule has 0 spiro atoms. The van der Waals surface area contributed by atoms with Crippen LogP contribution in [0.1, 0.15) is 49.1 Å². The average molecular weight is 466 g/mol. The molecule has 2 aliphatic rings. The molecule has 1 atom stereocenters. The van der Waals surface area contributed by atoms with Crippen LogP contribution in [-0.2, 0) is 9.53 Å². The molecule has 2 fully saturated rings. The molecule has 1 saturated heterocycles. The van der Waals surface area contributed by atoms with E-state index in [1.807, 2.05) is 30.0 Å². The van der Waals surface area contributed by atoms with Crippen molar-refractivity contribution >= 4 is 29.4 Å². The normalized spacial score (nSPS) is 18.2. The molecule has 3 heterocycles. The van der Waals surface area contributed by atoms with E-state index in [2.05, 4.69) is 22.5 Å². The van der Waals surface area contributed by atoms with Crippen molar-refractivity contribution in [1.29, 1.82) is 5.26 Å². The Kier molecular flexibility index (Phi) is 6.96. The van der Waals surface area contributed by atoms with Gasteiger partial charge in [-0.05, 0) is 49.6 Å². The van der Waals surface area contributed by atoms with Gasteiger partial charge in [0.15, 0.2) is 0 Å². The predicted molar refractivity (Wildman–Crippen MR) is 129 cm³/mol. The number of hydrogen-bond acceptors (Lipinski definition) is 6. The number of halogens is 1. The summed E-state index contributed by atoms with van der Waals surface area (Å²) in [6.45, 7) is 8.12. The van der Waals surface area contributed by atoms with Crippen LogP contribution >= 0.6 is 11.6 Å². The highest BCUT2D eigenvalue weighted by molar-refractivity contribution is 6.29. The molecule has 2 aromatic heterocycles. The summed E-state index contributed by atoms with van der Waals surface area (Å²) in [6, 6.07) is 8.02. The van der Waals surface area contributed by atoms with Gasteiger partial charge in [-0.15, -0.1) is 0 Å². The zero-order valence-electron chi connectivity index (χ0n) is 19.1. The van der Waals surface area contributed by atoms with Crippen molar-refractivity contribution in [1.82, 2.24) is 14.9 Å². The van der Waals surface area contributed by atoms with Crippen LogP contribution in [0.25, 0.3) is 17.2 Å². The maximum Gasteiger partial charge on any atom is 0.225 e. The second-order valence-corrected chi connectivity index (χ2v) is 9.00. The van der Waals surface area contributed by atoms with Gasteiger partial charge in [0.05, 0.1) is 30.0 Å². The fourth-order valence-electron chi connectivity index (χ4n) is 4.37. The summed E-state index contributed by atoms with van der Waals surface area (Å²) in [5.41, 5.74) is 4.02. The van der Waals surface area contributed by atoms with E-state index in [0.29, 0.717) is 60.8 Å². The summed E-state index contributed by atoms with van der Waals surface area (Å²) < 4.78 is 5.05. The van der Waals surface area contributed by atoms with Crippen molar-refractivity contribution in [2.24, 2.45) is 0 Å². The van der Waals surface area contributed by atoms with Gasteiger partial charge in [-0.25, -0.2) is 9.97 Å². The number of amides is 1. The molecule has 33 heavy (non-hydrogen) atoms. The first-order chi connectivity index (χ1) is 15.9. The topological polar surface area (TPSA) is 82.4 Å². The van der Waals surface area contributed by atoms with Crippen LogP contribution in [0.3, 0.4) is 0 Å². The van der Waals surface area contributed by atoms with Gasteiger partial charge < -0.3 is 14.5 Å². The maximum absolute atomic E-state index is 12.5. The molecule has 0 bridgehead atoms. The quantitative estimate of drug-likeness (QED) is 0.568. The van der Waals surface area contributed by atoms with Crippen molar-refractivity contribution in [2.45, 2.75) is 38.1 Å². The Bertz CT molecular complexity index is 1110. The lowest BCUT2D eigenvalue weighted by Crippen LogP contribution is -2.54. The van der Waals surface area contributed by atoms with E-state index in [4.69, 9.17) is 21.3 Å². The first kappa shape index (κ1) is 23.2. The number of piperazine rings is 1. The van der Waals surface area contributed by atoms with Crippen LogP contribution in [0.5, 0.6) is 0 Å². The number of nitriles is 1. The van der Waals surface area contributed by atoms with Gasteiger partial charge in [0.2, 0.25) is 5.91 Å². The van der Waals surface area contributed by atoms with Crippen molar-refractivity contribution in [2.75, 3.05) is 38.3 Å². The number of anilines is 1. The first-order valence-electron chi connectivity index (χ1n) is 11.2. The van der Waals surface area contributed by atoms with Crippen LogP contribution in [0, 0.1) is 11.3 Å². The summed E-state index contributed by atoms with van der Waals surface area (Å²) >= 11 is 6.25. The Labute approximate surface area is 199 Å². The average Bonchev–Trinajstić information content (AvgIpc) is 3.66. The van der Waals surface area contributed by atoms with Gasteiger partial charge in [0.1, 0.15) is 17.0 Å². The number of methoxy groups -OCH3 is 1. The molecular weight excluding hydrogens is 438 g/mol. The van der Waals surface area contributed by atoms with Gasteiger partial charge >= 0.3 is 0 Å². The second kappa shape index (κ2) is 9.90. The third kappa shape index (κ3) is 5.02. The fraction of sp³-hybridized carbons (Fsp3) is 0.440. The monoisotopic (exact) mass is 465 g/mol. The molecule has 1 saturated carbocycles. The summed E-state index contributed by atoms with van der Waals surface area (Å²) in [5, 5.41) is 10.4. The Balaban J connectivity index is 1.66. The molecule has 172 valence electrons. The number of ether oxygens (including phenoxy) is 1. The minimum Gasteiger partial charge on any atom is -0.384 e. The molecule has 0 unspecified atom stereocenters. The van der Waals surface area contributed by atoms with Gasteiger partial charge in [-0.2, -0.15) is 5.26 Å². The molecular formula is C25H28ClN5O2. The Hall–Kier alpha value is -2.95. The van der Waals surface area contributed by atoms with E-state index in [1.54, 1.807) is 13.2 Å². The molecule has 8 heteroatoms. The first-order valence-corrected chi connectivity index (χ1v) is 11.6. The molecule has 4 rings (SSSR count). The summed E-state index contributed by atoms with van der Waals surface area (Å²) in [5.74, 6) is 1.17. The lowest BCUT2D eigenvalue weighted by atomic mass is 9.99. The van der Waals surface area contributed by atoms with E-state index in [9.17, 15) is 10.1 Å². The van der Waals surface area contributed by atoms with E-state index in [-0.39, 0.29) is 11.9 Å². The van der Waals surface area contributed by atoms with Gasteiger partial charge in [0.25, 0.3) is 0 Å². The van der Waals surface area contributed by atoms with Gasteiger partial charge in [-0.1, -0.05) is 18.2 Å². The van der Waals surface area contributed by atoms with Crippen LogP contribution < -0.4 is 4.90 Å². The van der Waals surface area contributed by atoms with Crippen LogP contribution in [0.15, 0.2) is 24.8 Å². The zero-order valence-corrected chi connectivity index (χ0v) is 19.8. The minimum atomic E-state index is 0.0228. The fourth-order valence-corrected chi connectivity index (χ4v) is 4.59. The number of hydrogen-bond donors (Lipinski definition) is 0. The molecule has 0 aromatic carbocycles. The number of carbonyl (C=O) groups excluding carboxylic acids is 1. The lowest BCUT2D eigenvalue weighted by molar-refractivity contribution is -0.134. The summed E-state index contributed by atoms with van der Waals surface area (Å²) in [4.78, 5) is 25.8.